The van der Waals surface area contributed by atoms with Crippen LogP contribution in [0.4, 0.5) is 0 Å². The van der Waals surface area contributed by atoms with Gasteiger partial charge in [0.05, 0.1) is 16.4 Å². The average Bonchev–Trinajstić information content (AvgIpc) is 2.94. The summed E-state index contributed by atoms with van der Waals surface area (Å²) < 4.78 is 1.85. The van der Waals surface area contributed by atoms with Gasteiger partial charge in [-0.25, -0.2) is 4.68 Å². The molecule has 0 aliphatic rings. The minimum atomic E-state index is 0.306. The predicted molar refractivity (Wildman–Crippen MR) is 89.4 cm³/mol. The zero-order valence-electron chi connectivity index (χ0n) is 13.2. The second-order valence-electron chi connectivity index (χ2n) is 5.73. The maximum Gasteiger partial charge on any atom is 0.0832 e. The molecule has 3 nitrogen and oxygen atoms in total. The van der Waals surface area contributed by atoms with Gasteiger partial charge in [-0.2, -0.15) is 5.10 Å². The van der Waals surface area contributed by atoms with E-state index in [1.165, 1.54) is 5.56 Å². The van der Waals surface area contributed by atoms with Crippen LogP contribution in [0, 0.1) is 0 Å². The van der Waals surface area contributed by atoms with Crippen molar-refractivity contribution >= 4 is 11.6 Å². The van der Waals surface area contributed by atoms with E-state index >= 15 is 0 Å². The Bertz CT molecular complexity index is 589. The van der Waals surface area contributed by atoms with Crippen LogP contribution in [0.15, 0.2) is 30.5 Å². The first kappa shape index (κ1) is 16.1. The molecule has 1 aromatic heterocycles. The maximum atomic E-state index is 6.44. The Morgan fingerprint density at radius 3 is 2.57 bits per heavy atom. The predicted octanol–water partition coefficient (Wildman–Crippen LogP) is 4.71. The molecule has 1 heterocycles. The van der Waals surface area contributed by atoms with Crippen molar-refractivity contribution in [3.8, 4) is 5.69 Å². The topological polar surface area (TPSA) is 29.9 Å². The van der Waals surface area contributed by atoms with Crippen LogP contribution in [0.2, 0.25) is 5.02 Å². The molecule has 0 fully saturated rings. The van der Waals surface area contributed by atoms with Crippen LogP contribution >= 0.6 is 11.6 Å². The van der Waals surface area contributed by atoms with Crippen LogP contribution in [0.1, 0.15) is 57.3 Å². The average molecular weight is 306 g/mol. The van der Waals surface area contributed by atoms with E-state index < -0.39 is 0 Å². The van der Waals surface area contributed by atoms with Crippen LogP contribution < -0.4 is 5.32 Å². The molecule has 1 aromatic carbocycles. The summed E-state index contributed by atoms with van der Waals surface area (Å²) in [7, 11) is 0. The molecular weight excluding hydrogens is 282 g/mol. The molecule has 0 spiro atoms. The fourth-order valence-corrected chi connectivity index (χ4v) is 2.51. The lowest BCUT2D eigenvalue weighted by Gasteiger charge is -2.15. The minimum Gasteiger partial charge on any atom is -0.310 e. The lowest BCUT2D eigenvalue weighted by Crippen LogP contribution is -2.19. The molecule has 1 atom stereocenters. The summed E-state index contributed by atoms with van der Waals surface area (Å²) in [5.41, 5.74) is 3.21. The van der Waals surface area contributed by atoms with Gasteiger partial charge in [0.25, 0.3) is 0 Å². The van der Waals surface area contributed by atoms with E-state index in [4.69, 9.17) is 11.6 Å². The summed E-state index contributed by atoms with van der Waals surface area (Å²) in [6.45, 7) is 9.61. The van der Waals surface area contributed by atoms with Gasteiger partial charge in [0.15, 0.2) is 0 Å². The molecule has 0 radical (unpaired) electrons. The Kier molecular flexibility index (Phi) is 5.43. The number of halogens is 1. The van der Waals surface area contributed by atoms with Crippen molar-refractivity contribution in [3.63, 3.8) is 0 Å². The minimum absolute atomic E-state index is 0.306. The van der Waals surface area contributed by atoms with Gasteiger partial charge in [0, 0.05) is 12.2 Å². The first-order chi connectivity index (χ1) is 10.0. The number of hydrogen-bond donors (Lipinski definition) is 1. The molecule has 0 saturated carbocycles. The van der Waals surface area contributed by atoms with Crippen LogP contribution in [-0.4, -0.2) is 16.3 Å². The van der Waals surface area contributed by atoms with E-state index in [0.29, 0.717) is 12.0 Å². The van der Waals surface area contributed by atoms with Crippen LogP contribution in [-0.2, 0) is 0 Å². The lowest BCUT2D eigenvalue weighted by molar-refractivity contribution is 0.570. The summed E-state index contributed by atoms with van der Waals surface area (Å²) in [4.78, 5) is 0. The number of nitrogens with zero attached hydrogens (tertiary/aromatic N) is 2. The summed E-state index contributed by atoms with van der Waals surface area (Å²) in [5, 5.41) is 8.79. The lowest BCUT2D eigenvalue weighted by atomic mass is 10.1. The number of nitrogens with one attached hydrogen (secondary N) is 1. The van der Waals surface area contributed by atoms with Gasteiger partial charge in [0.2, 0.25) is 0 Å². The zero-order chi connectivity index (χ0) is 15.4. The van der Waals surface area contributed by atoms with Crippen molar-refractivity contribution in [3.05, 3.63) is 46.7 Å². The van der Waals surface area contributed by atoms with Gasteiger partial charge in [-0.05, 0) is 49.6 Å². The molecule has 4 heteroatoms. The summed E-state index contributed by atoms with van der Waals surface area (Å²) in [6.07, 6.45) is 3.09. The maximum absolute atomic E-state index is 6.44. The molecule has 1 N–H and O–H groups in total. The normalized spacial score (nSPS) is 12.9. The van der Waals surface area contributed by atoms with E-state index in [1.807, 2.05) is 29.1 Å². The van der Waals surface area contributed by atoms with E-state index in [9.17, 15) is 0 Å². The molecule has 0 aliphatic heterocycles. The van der Waals surface area contributed by atoms with Crippen molar-refractivity contribution in [1.29, 1.82) is 0 Å². The first-order valence-electron chi connectivity index (χ1n) is 7.61. The number of hydrogen-bond acceptors (Lipinski definition) is 2. The van der Waals surface area contributed by atoms with Crippen molar-refractivity contribution < 1.29 is 0 Å². The van der Waals surface area contributed by atoms with Gasteiger partial charge >= 0.3 is 0 Å². The van der Waals surface area contributed by atoms with Gasteiger partial charge in [-0.1, -0.05) is 38.4 Å². The smallest absolute Gasteiger partial charge is 0.0832 e. The highest BCUT2D eigenvalue weighted by atomic mass is 35.5. The van der Waals surface area contributed by atoms with Crippen molar-refractivity contribution in [2.75, 3.05) is 6.54 Å². The first-order valence-corrected chi connectivity index (χ1v) is 7.99. The van der Waals surface area contributed by atoms with Gasteiger partial charge in [0.1, 0.15) is 0 Å². The Balaban J connectivity index is 2.22. The SMILES string of the molecule is CCCNC(C)c1ccc(-n2ccc(C(C)C)n2)c(Cl)c1. The molecule has 1 unspecified atom stereocenters. The second kappa shape index (κ2) is 7.10. The number of aromatic nitrogens is 2. The summed E-state index contributed by atoms with van der Waals surface area (Å²) in [6, 6.07) is 8.53. The molecule has 114 valence electrons. The number of rotatable bonds is 6. The molecule has 0 saturated heterocycles. The monoisotopic (exact) mass is 305 g/mol. The highest BCUT2D eigenvalue weighted by Crippen LogP contribution is 2.25. The van der Waals surface area contributed by atoms with Crippen molar-refractivity contribution in [2.24, 2.45) is 0 Å². The molecule has 2 aromatic rings. The third kappa shape index (κ3) is 3.86. The highest BCUT2D eigenvalue weighted by Gasteiger charge is 2.10. The zero-order valence-corrected chi connectivity index (χ0v) is 14.0. The van der Waals surface area contributed by atoms with Crippen molar-refractivity contribution in [1.82, 2.24) is 15.1 Å². The molecule has 0 amide bonds. The van der Waals surface area contributed by atoms with E-state index in [1.54, 1.807) is 0 Å². The molecule has 21 heavy (non-hydrogen) atoms. The van der Waals surface area contributed by atoms with Crippen LogP contribution in [0.25, 0.3) is 5.69 Å². The van der Waals surface area contributed by atoms with Gasteiger partial charge in [-0.3, -0.25) is 0 Å². The third-order valence-electron chi connectivity index (χ3n) is 3.62. The molecule has 0 bridgehead atoms. The van der Waals surface area contributed by atoms with Gasteiger partial charge < -0.3 is 5.32 Å². The van der Waals surface area contributed by atoms with Crippen LogP contribution in [0.5, 0.6) is 0 Å². The molecule has 0 aliphatic carbocycles. The van der Waals surface area contributed by atoms with Crippen molar-refractivity contribution in [2.45, 2.75) is 46.1 Å². The Morgan fingerprint density at radius 2 is 2.00 bits per heavy atom. The van der Waals surface area contributed by atoms with E-state index in [-0.39, 0.29) is 0 Å². The summed E-state index contributed by atoms with van der Waals surface area (Å²) in [5.74, 6) is 0.419. The fraction of sp³-hybridized carbons (Fsp3) is 0.471. The largest absolute Gasteiger partial charge is 0.310 e. The standard InChI is InChI=1S/C17H24ClN3/c1-5-9-19-13(4)14-6-7-17(15(18)11-14)21-10-8-16(20-21)12(2)3/h6-8,10-13,19H,5,9H2,1-4H3. The Hall–Kier alpha value is -1.32. The van der Waals surface area contributed by atoms with E-state index in [0.717, 1.165) is 29.4 Å². The van der Waals surface area contributed by atoms with Crippen LogP contribution in [0.3, 0.4) is 0 Å². The summed E-state index contributed by atoms with van der Waals surface area (Å²) >= 11 is 6.44. The molecular formula is C17H24ClN3. The highest BCUT2D eigenvalue weighted by molar-refractivity contribution is 6.32. The Morgan fingerprint density at radius 1 is 1.24 bits per heavy atom. The molecule has 2 rings (SSSR count). The van der Waals surface area contributed by atoms with Gasteiger partial charge in [-0.15, -0.1) is 0 Å². The quantitative estimate of drug-likeness (QED) is 0.837. The second-order valence-corrected chi connectivity index (χ2v) is 6.13. The fourth-order valence-electron chi connectivity index (χ4n) is 2.24. The number of benzene rings is 1. The Labute approximate surface area is 132 Å². The third-order valence-corrected chi connectivity index (χ3v) is 3.92. The van der Waals surface area contributed by atoms with E-state index in [2.05, 4.69) is 44.2 Å².